The number of carboxylic acid groups (broad SMARTS) is 1. The molecule has 1 aromatic carbocycles. The van der Waals surface area contributed by atoms with Gasteiger partial charge < -0.3 is 20.3 Å². The molecular formula is C12H13ClNO3-. The molecule has 0 amide bonds. The van der Waals surface area contributed by atoms with Crippen molar-refractivity contribution in [3.8, 4) is 5.75 Å². The van der Waals surface area contributed by atoms with Gasteiger partial charge in [0.2, 0.25) is 0 Å². The standard InChI is InChI=1S/C12H14ClNO3/c13-10-3-4-11(15)9(8-10)2-1-6-14-7-5-12(16)17/h1-4,8,14-15H,5-7H2,(H,16,17)/p-1. The Labute approximate surface area is 105 Å². The van der Waals surface area contributed by atoms with Crippen LogP contribution >= 0.6 is 11.6 Å². The second-order valence-electron chi connectivity index (χ2n) is 3.43. The number of hydrogen-bond acceptors (Lipinski definition) is 4. The van der Waals surface area contributed by atoms with Gasteiger partial charge in [-0.05, 0) is 24.6 Å². The number of aromatic hydroxyl groups is 1. The summed E-state index contributed by atoms with van der Waals surface area (Å²) in [5.41, 5.74) is 0.624. The summed E-state index contributed by atoms with van der Waals surface area (Å²) in [5.74, 6) is -0.922. The SMILES string of the molecule is O=C([O-])CCNCC=Cc1cc(Cl)ccc1O. The molecule has 2 N–H and O–H groups in total. The molecule has 0 aliphatic heterocycles. The molecule has 0 aliphatic rings. The number of rotatable bonds is 6. The Morgan fingerprint density at radius 1 is 1.53 bits per heavy atom. The van der Waals surface area contributed by atoms with Gasteiger partial charge in [-0.15, -0.1) is 0 Å². The fourth-order valence-corrected chi connectivity index (χ4v) is 1.40. The van der Waals surface area contributed by atoms with Crippen molar-refractivity contribution in [1.29, 1.82) is 0 Å². The van der Waals surface area contributed by atoms with E-state index in [4.69, 9.17) is 11.6 Å². The van der Waals surface area contributed by atoms with Crippen molar-refractivity contribution in [2.75, 3.05) is 13.1 Å². The van der Waals surface area contributed by atoms with E-state index in [2.05, 4.69) is 5.32 Å². The molecule has 0 unspecified atom stereocenters. The van der Waals surface area contributed by atoms with Crippen LogP contribution in [0, 0.1) is 0 Å². The molecule has 0 aliphatic carbocycles. The molecule has 5 heteroatoms. The van der Waals surface area contributed by atoms with E-state index in [0.29, 0.717) is 23.7 Å². The molecular weight excluding hydrogens is 242 g/mol. The topological polar surface area (TPSA) is 72.4 Å². The molecule has 0 aromatic heterocycles. The van der Waals surface area contributed by atoms with Crippen LogP contribution < -0.4 is 10.4 Å². The number of aliphatic carboxylic acids is 1. The zero-order valence-electron chi connectivity index (χ0n) is 9.15. The monoisotopic (exact) mass is 254 g/mol. The highest BCUT2D eigenvalue weighted by atomic mass is 35.5. The number of phenolic OH excluding ortho intramolecular Hbond substituents is 1. The van der Waals surface area contributed by atoms with Crippen LogP contribution in [0.1, 0.15) is 12.0 Å². The van der Waals surface area contributed by atoms with Crippen LogP contribution in [0.4, 0.5) is 0 Å². The number of halogens is 1. The van der Waals surface area contributed by atoms with Gasteiger partial charge in [0.1, 0.15) is 5.75 Å². The van der Waals surface area contributed by atoms with Crippen molar-refractivity contribution in [3.05, 3.63) is 34.9 Å². The summed E-state index contributed by atoms with van der Waals surface area (Å²) < 4.78 is 0. The van der Waals surface area contributed by atoms with Gasteiger partial charge >= 0.3 is 0 Å². The smallest absolute Gasteiger partial charge is 0.122 e. The van der Waals surface area contributed by atoms with Crippen molar-refractivity contribution in [2.24, 2.45) is 0 Å². The Kier molecular flexibility index (Phi) is 5.52. The number of carbonyl (C=O) groups excluding carboxylic acids is 1. The molecule has 0 fully saturated rings. The first-order chi connectivity index (χ1) is 8.09. The minimum Gasteiger partial charge on any atom is -0.550 e. The van der Waals surface area contributed by atoms with Crippen molar-refractivity contribution in [2.45, 2.75) is 6.42 Å². The molecule has 1 rings (SSSR count). The van der Waals surface area contributed by atoms with E-state index in [9.17, 15) is 15.0 Å². The van der Waals surface area contributed by atoms with E-state index >= 15 is 0 Å². The van der Waals surface area contributed by atoms with Crippen LogP contribution in [0.3, 0.4) is 0 Å². The van der Waals surface area contributed by atoms with E-state index < -0.39 is 5.97 Å². The zero-order valence-corrected chi connectivity index (χ0v) is 9.91. The number of phenols is 1. The summed E-state index contributed by atoms with van der Waals surface area (Å²) in [6.07, 6.45) is 3.48. The first-order valence-electron chi connectivity index (χ1n) is 5.15. The van der Waals surface area contributed by atoms with Gasteiger partial charge in [-0.2, -0.15) is 0 Å². The molecule has 92 valence electrons. The lowest BCUT2D eigenvalue weighted by molar-refractivity contribution is -0.305. The average Bonchev–Trinajstić information content (AvgIpc) is 2.27. The Hall–Kier alpha value is -1.52. The molecule has 0 heterocycles. The van der Waals surface area contributed by atoms with E-state index in [1.165, 1.54) is 6.07 Å². The summed E-state index contributed by atoms with van der Waals surface area (Å²) in [7, 11) is 0. The van der Waals surface area contributed by atoms with Crippen molar-refractivity contribution in [1.82, 2.24) is 5.32 Å². The Morgan fingerprint density at radius 3 is 3.00 bits per heavy atom. The molecule has 0 bridgehead atoms. The molecule has 0 saturated carbocycles. The largest absolute Gasteiger partial charge is 0.550 e. The zero-order chi connectivity index (χ0) is 12.7. The fourth-order valence-electron chi connectivity index (χ4n) is 1.22. The van der Waals surface area contributed by atoms with Crippen LogP contribution in [0.2, 0.25) is 5.02 Å². The van der Waals surface area contributed by atoms with Gasteiger partial charge in [0.25, 0.3) is 0 Å². The second kappa shape index (κ2) is 6.93. The third kappa shape index (κ3) is 5.38. The van der Waals surface area contributed by atoms with Crippen molar-refractivity contribution < 1.29 is 15.0 Å². The van der Waals surface area contributed by atoms with Crippen LogP contribution in [-0.2, 0) is 4.79 Å². The van der Waals surface area contributed by atoms with Gasteiger partial charge in [0, 0.05) is 29.6 Å². The fraction of sp³-hybridized carbons (Fsp3) is 0.250. The normalized spacial score (nSPS) is 10.9. The third-order valence-corrected chi connectivity index (χ3v) is 2.29. The summed E-state index contributed by atoms with van der Waals surface area (Å²) >= 11 is 5.78. The number of benzene rings is 1. The van der Waals surface area contributed by atoms with Gasteiger partial charge in [-0.1, -0.05) is 23.8 Å². The lowest BCUT2D eigenvalue weighted by atomic mass is 10.2. The molecule has 1 aromatic rings. The minimum atomic E-state index is -1.08. The summed E-state index contributed by atoms with van der Waals surface area (Å²) in [6.45, 7) is 0.868. The number of nitrogens with one attached hydrogen (secondary N) is 1. The maximum Gasteiger partial charge on any atom is 0.122 e. The van der Waals surface area contributed by atoms with Gasteiger partial charge in [-0.25, -0.2) is 0 Å². The first kappa shape index (κ1) is 13.5. The van der Waals surface area contributed by atoms with Crippen LogP contribution in [0.25, 0.3) is 6.08 Å². The lowest BCUT2D eigenvalue weighted by Crippen LogP contribution is -2.27. The summed E-state index contributed by atoms with van der Waals surface area (Å²) in [6, 6.07) is 4.77. The van der Waals surface area contributed by atoms with E-state index in [1.807, 2.05) is 0 Å². The lowest BCUT2D eigenvalue weighted by Gasteiger charge is -2.02. The third-order valence-electron chi connectivity index (χ3n) is 2.06. The number of hydrogen-bond donors (Lipinski definition) is 2. The van der Waals surface area contributed by atoms with Crippen LogP contribution in [-0.4, -0.2) is 24.2 Å². The predicted molar refractivity (Wildman–Crippen MR) is 64.6 cm³/mol. The Bertz CT molecular complexity index is 418. The second-order valence-corrected chi connectivity index (χ2v) is 3.87. The molecule has 0 atom stereocenters. The maximum absolute atomic E-state index is 10.1. The summed E-state index contributed by atoms with van der Waals surface area (Å²) in [5, 5.41) is 23.1. The number of carbonyl (C=O) groups is 1. The number of carboxylic acids is 1. The predicted octanol–water partition coefficient (Wildman–Crippen LogP) is 0.788. The van der Waals surface area contributed by atoms with Gasteiger partial charge in [-0.3, -0.25) is 0 Å². The van der Waals surface area contributed by atoms with Crippen LogP contribution in [0.15, 0.2) is 24.3 Å². The van der Waals surface area contributed by atoms with E-state index in [-0.39, 0.29) is 12.2 Å². The van der Waals surface area contributed by atoms with Crippen molar-refractivity contribution >= 4 is 23.6 Å². The van der Waals surface area contributed by atoms with Gasteiger partial charge in [0.15, 0.2) is 0 Å². The Balaban J connectivity index is 2.38. The van der Waals surface area contributed by atoms with E-state index in [0.717, 1.165) is 0 Å². The Morgan fingerprint density at radius 2 is 2.29 bits per heavy atom. The highest BCUT2D eigenvalue weighted by Gasteiger charge is 1.97. The maximum atomic E-state index is 10.1. The highest BCUT2D eigenvalue weighted by Crippen LogP contribution is 2.22. The molecule has 4 nitrogen and oxygen atoms in total. The molecule has 0 saturated heterocycles. The molecule has 0 radical (unpaired) electrons. The van der Waals surface area contributed by atoms with E-state index in [1.54, 1.807) is 24.3 Å². The van der Waals surface area contributed by atoms with Crippen molar-refractivity contribution in [3.63, 3.8) is 0 Å². The molecule has 0 spiro atoms. The quantitative estimate of drug-likeness (QED) is 0.736. The van der Waals surface area contributed by atoms with Gasteiger partial charge in [0.05, 0.1) is 0 Å². The van der Waals surface area contributed by atoms with Crippen LogP contribution in [0.5, 0.6) is 5.75 Å². The highest BCUT2D eigenvalue weighted by molar-refractivity contribution is 6.30. The minimum absolute atomic E-state index is 0.0176. The first-order valence-corrected chi connectivity index (χ1v) is 5.53. The summed E-state index contributed by atoms with van der Waals surface area (Å²) in [4.78, 5) is 10.1. The molecule has 17 heavy (non-hydrogen) atoms. The average molecular weight is 255 g/mol.